The maximum Gasteiger partial charge on any atom is 0.0491 e. The number of hydrogen-bond acceptors (Lipinski definition) is 3. The molecular weight excluding hydrogens is 236 g/mol. The summed E-state index contributed by atoms with van der Waals surface area (Å²) >= 11 is 0. The average Bonchev–Trinajstić information content (AvgIpc) is 2.44. The van der Waals surface area contributed by atoms with Crippen LogP contribution in [-0.4, -0.2) is 44.8 Å². The van der Waals surface area contributed by atoms with Crippen molar-refractivity contribution in [3.05, 3.63) is 0 Å². The highest BCUT2D eigenvalue weighted by Gasteiger charge is 2.35. The molecule has 1 saturated heterocycles. The van der Waals surface area contributed by atoms with Crippen LogP contribution >= 0.6 is 0 Å². The van der Waals surface area contributed by atoms with Gasteiger partial charge in [-0.3, -0.25) is 0 Å². The van der Waals surface area contributed by atoms with Crippen LogP contribution in [0.25, 0.3) is 0 Å². The van der Waals surface area contributed by atoms with E-state index in [0.29, 0.717) is 5.41 Å². The molecule has 0 amide bonds. The van der Waals surface area contributed by atoms with E-state index in [-0.39, 0.29) is 0 Å². The summed E-state index contributed by atoms with van der Waals surface area (Å²) < 4.78 is 5.28. The van der Waals surface area contributed by atoms with Crippen LogP contribution in [0.3, 0.4) is 0 Å². The lowest BCUT2D eigenvalue weighted by molar-refractivity contribution is 0.0542. The zero-order valence-corrected chi connectivity index (χ0v) is 12.9. The van der Waals surface area contributed by atoms with Crippen LogP contribution in [0.15, 0.2) is 0 Å². The number of methoxy groups -OCH3 is 1. The van der Waals surface area contributed by atoms with Crippen molar-refractivity contribution in [2.24, 2.45) is 23.0 Å². The van der Waals surface area contributed by atoms with Crippen LogP contribution < -0.4 is 5.73 Å². The summed E-state index contributed by atoms with van der Waals surface area (Å²) in [6, 6.07) is 0. The zero-order valence-electron chi connectivity index (χ0n) is 12.9. The predicted octanol–water partition coefficient (Wildman–Crippen LogP) is 2.50. The lowest BCUT2D eigenvalue weighted by Crippen LogP contribution is -2.47. The Morgan fingerprint density at radius 3 is 2.32 bits per heavy atom. The fraction of sp³-hybridized carbons (Fsp3) is 1.00. The molecule has 2 fully saturated rings. The first-order valence-electron chi connectivity index (χ1n) is 8.09. The predicted molar refractivity (Wildman–Crippen MR) is 80.2 cm³/mol. The van der Waals surface area contributed by atoms with E-state index in [1.54, 1.807) is 0 Å². The summed E-state index contributed by atoms with van der Waals surface area (Å²) in [4.78, 5) is 2.66. The van der Waals surface area contributed by atoms with Crippen molar-refractivity contribution in [1.29, 1.82) is 0 Å². The third-order valence-corrected chi connectivity index (χ3v) is 5.44. The van der Waals surface area contributed by atoms with Gasteiger partial charge in [0.15, 0.2) is 0 Å². The molecule has 1 heterocycles. The molecule has 0 radical (unpaired) electrons. The first-order valence-corrected chi connectivity index (χ1v) is 8.09. The van der Waals surface area contributed by atoms with Gasteiger partial charge in [-0.1, -0.05) is 19.8 Å². The second-order valence-electron chi connectivity index (χ2n) is 7.06. The van der Waals surface area contributed by atoms with Gasteiger partial charge in [0.25, 0.3) is 0 Å². The van der Waals surface area contributed by atoms with Crippen molar-refractivity contribution in [2.45, 2.75) is 45.4 Å². The van der Waals surface area contributed by atoms with E-state index in [1.807, 2.05) is 7.11 Å². The molecule has 112 valence electrons. The summed E-state index contributed by atoms with van der Waals surface area (Å²) in [5.74, 6) is 1.69. The molecule has 0 spiro atoms. The molecule has 1 aliphatic carbocycles. The quantitative estimate of drug-likeness (QED) is 0.832. The minimum Gasteiger partial charge on any atom is -0.384 e. The van der Waals surface area contributed by atoms with Crippen molar-refractivity contribution in [3.63, 3.8) is 0 Å². The third-order valence-electron chi connectivity index (χ3n) is 5.44. The maximum absolute atomic E-state index is 6.13. The second kappa shape index (κ2) is 7.05. The summed E-state index contributed by atoms with van der Waals surface area (Å²) in [5.41, 5.74) is 6.55. The Morgan fingerprint density at radius 1 is 1.16 bits per heavy atom. The highest BCUT2D eigenvalue weighted by Crippen LogP contribution is 2.39. The van der Waals surface area contributed by atoms with E-state index < -0.39 is 0 Å². The van der Waals surface area contributed by atoms with Crippen LogP contribution in [0.5, 0.6) is 0 Å². The molecule has 2 N–H and O–H groups in total. The molecule has 0 aromatic carbocycles. The first-order chi connectivity index (χ1) is 9.17. The molecule has 1 saturated carbocycles. The number of rotatable bonds is 5. The van der Waals surface area contributed by atoms with Crippen molar-refractivity contribution >= 4 is 0 Å². The standard InChI is InChI=1S/C16H32N2O/c1-14-3-7-16(12-17,8-4-14)13-18-9-5-15(6-10-18)11-19-2/h14-15H,3-13,17H2,1-2H3. The lowest BCUT2D eigenvalue weighted by atomic mass is 9.70. The van der Waals surface area contributed by atoms with Gasteiger partial charge in [-0.05, 0) is 62.6 Å². The molecule has 0 aromatic rings. The van der Waals surface area contributed by atoms with Gasteiger partial charge in [0.2, 0.25) is 0 Å². The van der Waals surface area contributed by atoms with E-state index in [4.69, 9.17) is 10.5 Å². The van der Waals surface area contributed by atoms with Gasteiger partial charge in [-0.15, -0.1) is 0 Å². The Hall–Kier alpha value is -0.120. The molecule has 0 bridgehead atoms. The van der Waals surface area contributed by atoms with Gasteiger partial charge in [0.1, 0.15) is 0 Å². The van der Waals surface area contributed by atoms with Crippen molar-refractivity contribution < 1.29 is 4.74 Å². The largest absolute Gasteiger partial charge is 0.384 e. The van der Waals surface area contributed by atoms with E-state index in [9.17, 15) is 0 Å². The molecule has 0 aromatic heterocycles. The zero-order chi connectivity index (χ0) is 13.7. The number of piperidine rings is 1. The minimum atomic E-state index is 0.417. The topological polar surface area (TPSA) is 38.5 Å². The number of likely N-dealkylation sites (tertiary alicyclic amines) is 1. The molecule has 3 nitrogen and oxygen atoms in total. The molecule has 2 aliphatic rings. The molecule has 1 aliphatic heterocycles. The Balaban J connectivity index is 1.80. The Morgan fingerprint density at radius 2 is 1.79 bits per heavy atom. The van der Waals surface area contributed by atoms with Crippen LogP contribution in [0, 0.1) is 17.3 Å². The van der Waals surface area contributed by atoms with Gasteiger partial charge in [0.05, 0.1) is 0 Å². The molecule has 0 unspecified atom stereocenters. The van der Waals surface area contributed by atoms with Crippen LogP contribution in [0.2, 0.25) is 0 Å². The van der Waals surface area contributed by atoms with Crippen LogP contribution in [0.1, 0.15) is 45.4 Å². The fourth-order valence-corrected chi connectivity index (χ4v) is 3.82. The summed E-state index contributed by atoms with van der Waals surface area (Å²) in [6.45, 7) is 7.91. The summed E-state index contributed by atoms with van der Waals surface area (Å²) in [6.07, 6.45) is 8.01. The van der Waals surface area contributed by atoms with Gasteiger partial charge in [-0.25, -0.2) is 0 Å². The second-order valence-corrected chi connectivity index (χ2v) is 7.06. The fourth-order valence-electron chi connectivity index (χ4n) is 3.82. The SMILES string of the molecule is COCC1CCN(CC2(CN)CCC(C)CC2)CC1. The molecule has 3 heteroatoms. The maximum atomic E-state index is 6.13. The Bertz CT molecular complexity index is 253. The smallest absolute Gasteiger partial charge is 0.0491 e. The van der Waals surface area contributed by atoms with E-state index in [0.717, 1.165) is 25.0 Å². The Kier molecular flexibility index (Phi) is 5.67. The van der Waals surface area contributed by atoms with Crippen LogP contribution in [0.4, 0.5) is 0 Å². The third kappa shape index (κ3) is 4.17. The monoisotopic (exact) mass is 268 g/mol. The number of hydrogen-bond donors (Lipinski definition) is 1. The molecule has 19 heavy (non-hydrogen) atoms. The lowest BCUT2D eigenvalue weighted by Gasteiger charge is -2.44. The minimum absolute atomic E-state index is 0.417. The normalized spacial score (nSPS) is 34.6. The highest BCUT2D eigenvalue weighted by atomic mass is 16.5. The van der Waals surface area contributed by atoms with Crippen LogP contribution in [-0.2, 0) is 4.74 Å². The van der Waals surface area contributed by atoms with Crippen molar-refractivity contribution in [2.75, 3.05) is 39.9 Å². The van der Waals surface area contributed by atoms with Gasteiger partial charge in [-0.2, -0.15) is 0 Å². The molecule has 0 atom stereocenters. The van der Waals surface area contributed by atoms with Gasteiger partial charge in [0, 0.05) is 20.3 Å². The van der Waals surface area contributed by atoms with Gasteiger partial charge >= 0.3 is 0 Å². The average molecular weight is 268 g/mol. The summed E-state index contributed by atoms with van der Waals surface area (Å²) in [7, 11) is 1.82. The van der Waals surface area contributed by atoms with Gasteiger partial charge < -0.3 is 15.4 Å². The molecule has 2 rings (SSSR count). The number of nitrogens with zero attached hydrogens (tertiary/aromatic N) is 1. The summed E-state index contributed by atoms with van der Waals surface area (Å²) in [5, 5.41) is 0. The van der Waals surface area contributed by atoms with Crippen molar-refractivity contribution in [3.8, 4) is 0 Å². The molecular formula is C16H32N2O. The van der Waals surface area contributed by atoms with E-state index in [1.165, 1.54) is 58.2 Å². The van der Waals surface area contributed by atoms with E-state index in [2.05, 4.69) is 11.8 Å². The number of ether oxygens (including phenoxy) is 1. The Labute approximate surface area is 118 Å². The van der Waals surface area contributed by atoms with E-state index >= 15 is 0 Å². The van der Waals surface area contributed by atoms with Crippen molar-refractivity contribution in [1.82, 2.24) is 4.90 Å². The first kappa shape index (κ1) is 15.3. The highest BCUT2D eigenvalue weighted by molar-refractivity contribution is 4.89. The number of nitrogens with two attached hydrogens (primary N) is 1.